The molecule has 6 heteroatoms. The molecular weight excluding hydrogens is 276 g/mol. The van der Waals surface area contributed by atoms with Crippen LogP contribution in [-0.2, 0) is 11.2 Å². The van der Waals surface area contributed by atoms with Crippen molar-refractivity contribution in [3.63, 3.8) is 0 Å². The van der Waals surface area contributed by atoms with Crippen LogP contribution in [0.2, 0.25) is 5.15 Å². The van der Waals surface area contributed by atoms with Gasteiger partial charge in [0.05, 0.1) is 12.2 Å². The maximum atomic E-state index is 12.5. The van der Waals surface area contributed by atoms with E-state index < -0.39 is 0 Å². The summed E-state index contributed by atoms with van der Waals surface area (Å²) in [6, 6.07) is 2.24. The summed E-state index contributed by atoms with van der Waals surface area (Å²) in [6.07, 6.45) is 2.64. The van der Waals surface area contributed by atoms with Crippen LogP contribution in [0.25, 0.3) is 0 Å². The molecule has 5 nitrogen and oxygen atoms in total. The quantitative estimate of drug-likeness (QED) is 0.824. The minimum atomic E-state index is 0.153. The molecule has 2 aliphatic rings. The van der Waals surface area contributed by atoms with E-state index in [1.807, 2.05) is 4.90 Å². The number of nitrogens with one attached hydrogen (secondary N) is 1. The zero-order valence-electron chi connectivity index (χ0n) is 11.6. The van der Waals surface area contributed by atoms with Crippen molar-refractivity contribution in [3.05, 3.63) is 23.0 Å². The van der Waals surface area contributed by atoms with E-state index in [-0.39, 0.29) is 5.91 Å². The average molecular weight is 295 g/mol. The number of amides is 1. The first-order chi connectivity index (χ1) is 9.63. The van der Waals surface area contributed by atoms with Crippen LogP contribution in [0.1, 0.15) is 12.5 Å². The van der Waals surface area contributed by atoms with Crippen LogP contribution in [0.15, 0.2) is 12.3 Å². The number of halogens is 1. The minimum Gasteiger partial charge on any atom is -0.312 e. The lowest BCUT2D eigenvalue weighted by Gasteiger charge is -2.32. The Bertz CT molecular complexity index is 522. The van der Waals surface area contributed by atoms with E-state index in [0.717, 1.165) is 43.9 Å². The van der Waals surface area contributed by atoms with Gasteiger partial charge in [0.2, 0.25) is 5.91 Å². The van der Waals surface area contributed by atoms with Gasteiger partial charge in [-0.25, -0.2) is 4.98 Å². The van der Waals surface area contributed by atoms with Crippen molar-refractivity contribution in [2.24, 2.45) is 0 Å². The summed E-state index contributed by atoms with van der Waals surface area (Å²) < 4.78 is 0. The summed E-state index contributed by atoms with van der Waals surface area (Å²) in [4.78, 5) is 20.6. The summed E-state index contributed by atoms with van der Waals surface area (Å²) in [5, 5.41) is 3.83. The highest BCUT2D eigenvalue weighted by molar-refractivity contribution is 6.29. The fourth-order valence-electron chi connectivity index (χ4n) is 2.94. The Hall–Kier alpha value is -1.17. The predicted octanol–water partition coefficient (Wildman–Crippen LogP) is 0.918. The van der Waals surface area contributed by atoms with Crippen molar-refractivity contribution in [3.8, 4) is 0 Å². The molecule has 1 N–H and O–H groups in total. The van der Waals surface area contributed by atoms with Gasteiger partial charge in [-0.05, 0) is 25.0 Å². The highest BCUT2D eigenvalue weighted by atomic mass is 35.5. The number of hydrogen-bond donors (Lipinski definition) is 1. The molecule has 0 saturated carbocycles. The van der Waals surface area contributed by atoms with Crippen LogP contribution in [-0.4, -0.2) is 54.6 Å². The number of rotatable bonds is 2. The van der Waals surface area contributed by atoms with E-state index in [1.54, 1.807) is 12.3 Å². The summed E-state index contributed by atoms with van der Waals surface area (Å²) in [7, 11) is 0. The molecule has 1 aromatic heterocycles. The van der Waals surface area contributed by atoms with E-state index in [1.165, 1.54) is 0 Å². The molecule has 3 heterocycles. The van der Waals surface area contributed by atoms with Gasteiger partial charge in [-0.2, -0.15) is 0 Å². The molecule has 0 aromatic carbocycles. The second-order valence-corrected chi connectivity index (χ2v) is 5.91. The van der Waals surface area contributed by atoms with Gasteiger partial charge in [0.15, 0.2) is 0 Å². The summed E-state index contributed by atoms with van der Waals surface area (Å²) in [5.74, 6) is 0.153. The Morgan fingerprint density at radius 1 is 1.55 bits per heavy atom. The van der Waals surface area contributed by atoms with Gasteiger partial charge >= 0.3 is 0 Å². The van der Waals surface area contributed by atoms with E-state index in [4.69, 9.17) is 11.6 Å². The van der Waals surface area contributed by atoms with E-state index in [9.17, 15) is 4.79 Å². The number of nitrogens with zero attached hydrogens (tertiary/aromatic N) is 3. The largest absolute Gasteiger partial charge is 0.312 e. The number of piperazine rings is 1. The molecule has 108 valence electrons. The van der Waals surface area contributed by atoms with Gasteiger partial charge in [-0.1, -0.05) is 11.6 Å². The Balaban J connectivity index is 1.69. The lowest BCUT2D eigenvalue weighted by Crippen LogP contribution is -2.52. The number of fused-ring (bicyclic) bond motifs is 1. The molecule has 1 amide bonds. The van der Waals surface area contributed by atoms with Crippen LogP contribution in [0, 0.1) is 0 Å². The van der Waals surface area contributed by atoms with Gasteiger partial charge in [-0.3, -0.25) is 9.69 Å². The molecule has 0 bridgehead atoms. The van der Waals surface area contributed by atoms with Crippen molar-refractivity contribution in [1.29, 1.82) is 0 Å². The second-order valence-electron chi connectivity index (χ2n) is 5.52. The maximum absolute atomic E-state index is 12.5. The summed E-state index contributed by atoms with van der Waals surface area (Å²) >= 11 is 5.94. The van der Waals surface area contributed by atoms with E-state index in [0.29, 0.717) is 17.7 Å². The van der Waals surface area contributed by atoms with Crippen LogP contribution < -0.4 is 10.2 Å². The zero-order chi connectivity index (χ0) is 14.1. The standard InChI is InChI=1S/C14H19ClN4O/c1-10-8-18(5-3-16-10)9-14(20)19-4-2-11-7-17-13(15)6-12(11)19/h6-7,10,16H,2-5,8-9H2,1H3. The van der Waals surface area contributed by atoms with Gasteiger partial charge in [0.25, 0.3) is 0 Å². The van der Waals surface area contributed by atoms with Gasteiger partial charge in [0, 0.05) is 38.4 Å². The highest BCUT2D eigenvalue weighted by Gasteiger charge is 2.27. The normalized spacial score (nSPS) is 22.9. The molecule has 1 fully saturated rings. The molecule has 0 radical (unpaired) electrons. The van der Waals surface area contributed by atoms with Gasteiger partial charge in [0.1, 0.15) is 5.15 Å². The molecule has 1 unspecified atom stereocenters. The number of pyridine rings is 1. The zero-order valence-corrected chi connectivity index (χ0v) is 12.4. The first-order valence-electron chi connectivity index (χ1n) is 7.04. The van der Waals surface area contributed by atoms with Crippen molar-refractivity contribution in [2.75, 3.05) is 37.6 Å². The number of aromatic nitrogens is 1. The lowest BCUT2D eigenvalue weighted by molar-refractivity contribution is -0.119. The molecule has 20 heavy (non-hydrogen) atoms. The fraction of sp³-hybridized carbons (Fsp3) is 0.571. The maximum Gasteiger partial charge on any atom is 0.241 e. The van der Waals surface area contributed by atoms with Gasteiger partial charge < -0.3 is 10.2 Å². The second kappa shape index (κ2) is 5.68. The highest BCUT2D eigenvalue weighted by Crippen LogP contribution is 2.29. The van der Waals surface area contributed by atoms with Crippen molar-refractivity contribution in [2.45, 2.75) is 19.4 Å². The Morgan fingerprint density at radius 3 is 3.20 bits per heavy atom. The first-order valence-corrected chi connectivity index (χ1v) is 7.42. The number of carbonyl (C=O) groups is 1. The molecule has 1 aromatic rings. The molecule has 1 atom stereocenters. The summed E-state index contributed by atoms with van der Waals surface area (Å²) in [6.45, 7) is 6.15. The third-order valence-electron chi connectivity index (χ3n) is 3.94. The molecule has 0 aliphatic carbocycles. The van der Waals surface area contributed by atoms with Crippen molar-refractivity contribution < 1.29 is 4.79 Å². The number of hydrogen-bond acceptors (Lipinski definition) is 4. The van der Waals surface area contributed by atoms with Crippen LogP contribution >= 0.6 is 11.6 Å². The molecule has 2 aliphatic heterocycles. The topological polar surface area (TPSA) is 48.5 Å². The third-order valence-corrected chi connectivity index (χ3v) is 4.14. The Morgan fingerprint density at radius 2 is 2.40 bits per heavy atom. The minimum absolute atomic E-state index is 0.153. The summed E-state index contributed by atoms with van der Waals surface area (Å²) in [5.41, 5.74) is 2.04. The average Bonchev–Trinajstić information content (AvgIpc) is 2.81. The van der Waals surface area contributed by atoms with Crippen molar-refractivity contribution >= 4 is 23.2 Å². The fourth-order valence-corrected chi connectivity index (χ4v) is 3.09. The Kier molecular flexibility index (Phi) is 3.92. The van der Waals surface area contributed by atoms with E-state index in [2.05, 4.69) is 22.1 Å². The van der Waals surface area contributed by atoms with Crippen LogP contribution in [0.3, 0.4) is 0 Å². The van der Waals surface area contributed by atoms with Crippen molar-refractivity contribution in [1.82, 2.24) is 15.2 Å². The monoisotopic (exact) mass is 294 g/mol. The molecule has 0 spiro atoms. The molecule has 3 rings (SSSR count). The number of anilines is 1. The van der Waals surface area contributed by atoms with Crippen LogP contribution in [0.4, 0.5) is 5.69 Å². The van der Waals surface area contributed by atoms with E-state index >= 15 is 0 Å². The van der Waals surface area contributed by atoms with Crippen LogP contribution in [0.5, 0.6) is 0 Å². The van der Waals surface area contributed by atoms with Gasteiger partial charge in [-0.15, -0.1) is 0 Å². The molecular formula is C14H19ClN4O. The first kappa shape index (κ1) is 13.8. The molecule has 1 saturated heterocycles. The SMILES string of the molecule is CC1CN(CC(=O)N2CCc3cnc(Cl)cc32)CCN1. The third kappa shape index (κ3) is 2.80. The smallest absolute Gasteiger partial charge is 0.241 e. The Labute approximate surface area is 123 Å². The lowest BCUT2D eigenvalue weighted by atomic mass is 10.2. The predicted molar refractivity (Wildman–Crippen MR) is 79.2 cm³/mol. The number of carbonyl (C=O) groups excluding carboxylic acids is 1.